The summed E-state index contributed by atoms with van der Waals surface area (Å²) in [4.78, 5) is 37.5. The highest BCUT2D eigenvalue weighted by Crippen LogP contribution is 2.14. The molecule has 2 atom stereocenters. The van der Waals surface area contributed by atoms with Crippen molar-refractivity contribution in [3.05, 3.63) is 65.2 Å². The molecule has 2 aromatic carbocycles. The van der Waals surface area contributed by atoms with Crippen molar-refractivity contribution in [1.29, 1.82) is 5.41 Å². The normalized spacial score (nSPS) is 12.7. The largest absolute Gasteiger partial charge is 0.497 e. The fourth-order valence-electron chi connectivity index (χ4n) is 3.43. The molecule has 0 heterocycles. The molecule has 2 aromatic rings. The number of methoxy groups -OCH3 is 1. The van der Waals surface area contributed by atoms with E-state index < -0.39 is 39.8 Å². The number of primary amides is 1. The van der Waals surface area contributed by atoms with Crippen LogP contribution in [0.5, 0.6) is 5.75 Å². The van der Waals surface area contributed by atoms with Gasteiger partial charge in [0, 0.05) is 18.5 Å². The molecule has 0 aliphatic rings. The van der Waals surface area contributed by atoms with Crippen LogP contribution in [0.2, 0.25) is 0 Å². The van der Waals surface area contributed by atoms with Gasteiger partial charge in [0.05, 0.1) is 12.9 Å². The lowest BCUT2D eigenvalue weighted by molar-refractivity contribution is -0.130. The first-order chi connectivity index (χ1) is 17.9. The van der Waals surface area contributed by atoms with E-state index in [-0.39, 0.29) is 37.4 Å². The van der Waals surface area contributed by atoms with Crippen molar-refractivity contribution in [2.45, 2.75) is 44.8 Å². The Morgan fingerprint density at radius 1 is 0.947 bits per heavy atom. The smallest absolute Gasteiger partial charge is 0.242 e. The van der Waals surface area contributed by atoms with Crippen molar-refractivity contribution in [2.24, 2.45) is 11.5 Å². The van der Waals surface area contributed by atoms with E-state index in [0.29, 0.717) is 16.9 Å². The van der Waals surface area contributed by atoms with E-state index in [2.05, 4.69) is 15.4 Å². The van der Waals surface area contributed by atoms with E-state index in [1.54, 1.807) is 48.5 Å². The molecule has 0 saturated carbocycles. The summed E-state index contributed by atoms with van der Waals surface area (Å²) in [6.45, 7) is 1.55. The first kappa shape index (κ1) is 30.3. The molecule has 0 aliphatic heterocycles. The van der Waals surface area contributed by atoms with E-state index in [1.165, 1.54) is 14.0 Å². The quantitative estimate of drug-likeness (QED) is 0.132. The number of hydrogen-bond donors (Lipinski definition) is 6. The number of amides is 3. The zero-order chi connectivity index (χ0) is 28.3. The molecule has 38 heavy (non-hydrogen) atoms. The average Bonchev–Trinajstić information content (AvgIpc) is 2.89. The van der Waals surface area contributed by atoms with Crippen molar-refractivity contribution in [3.8, 4) is 5.75 Å². The molecule has 13 heteroatoms. The topological polar surface area (TPSA) is 207 Å². The average molecular weight is 547 g/mol. The lowest BCUT2D eigenvalue weighted by Gasteiger charge is -2.23. The van der Waals surface area contributed by atoms with Gasteiger partial charge in [0.1, 0.15) is 23.7 Å². The van der Waals surface area contributed by atoms with E-state index in [0.717, 1.165) is 5.56 Å². The monoisotopic (exact) mass is 546 g/mol. The van der Waals surface area contributed by atoms with Crippen molar-refractivity contribution in [2.75, 3.05) is 12.9 Å². The second-order valence-electron chi connectivity index (χ2n) is 8.52. The third kappa shape index (κ3) is 9.82. The van der Waals surface area contributed by atoms with Gasteiger partial charge in [0.2, 0.25) is 27.7 Å². The fourth-order valence-corrected chi connectivity index (χ4v) is 4.22. The summed E-state index contributed by atoms with van der Waals surface area (Å²) in [6.07, 6.45) is -0.233. The molecule has 0 bridgehead atoms. The maximum absolute atomic E-state index is 13.2. The third-order valence-electron chi connectivity index (χ3n) is 5.66. The van der Waals surface area contributed by atoms with Crippen molar-refractivity contribution in [3.63, 3.8) is 0 Å². The Kier molecular flexibility index (Phi) is 11.2. The summed E-state index contributed by atoms with van der Waals surface area (Å²) in [6, 6.07) is 11.1. The minimum Gasteiger partial charge on any atom is -0.497 e. The van der Waals surface area contributed by atoms with Gasteiger partial charge in [-0.15, -0.1) is 0 Å². The van der Waals surface area contributed by atoms with E-state index >= 15 is 0 Å². The summed E-state index contributed by atoms with van der Waals surface area (Å²) in [7, 11) is -2.26. The van der Waals surface area contributed by atoms with E-state index in [4.69, 9.17) is 21.6 Å². The van der Waals surface area contributed by atoms with Crippen LogP contribution in [0.25, 0.3) is 0 Å². The Bertz CT molecular complexity index is 1230. The SMILES string of the molecule is CCS(=O)(=O)N[C@H](Cc1ccc(OC)cc1)C(=O)N[C@@H](CCC(N)=O)C(=O)NCc1ccc(C(=N)N)cc1. The number of rotatable bonds is 15. The number of hydrogen-bond acceptors (Lipinski definition) is 7. The van der Waals surface area contributed by atoms with Gasteiger partial charge in [0.25, 0.3) is 0 Å². The van der Waals surface area contributed by atoms with Gasteiger partial charge in [0.15, 0.2) is 0 Å². The van der Waals surface area contributed by atoms with E-state index in [9.17, 15) is 22.8 Å². The molecule has 0 unspecified atom stereocenters. The fraction of sp³-hybridized carbons (Fsp3) is 0.360. The molecule has 0 aromatic heterocycles. The number of sulfonamides is 1. The number of benzene rings is 2. The minimum atomic E-state index is -3.77. The zero-order valence-electron chi connectivity index (χ0n) is 21.3. The van der Waals surface area contributed by atoms with Gasteiger partial charge in [-0.1, -0.05) is 36.4 Å². The molecule has 0 fully saturated rings. The van der Waals surface area contributed by atoms with Crippen LogP contribution in [0, 0.1) is 5.41 Å². The van der Waals surface area contributed by atoms with Crippen molar-refractivity contribution >= 4 is 33.6 Å². The van der Waals surface area contributed by atoms with Gasteiger partial charge in [-0.3, -0.25) is 19.8 Å². The van der Waals surface area contributed by atoms with Gasteiger partial charge in [-0.25, -0.2) is 13.1 Å². The number of amidine groups is 1. The van der Waals surface area contributed by atoms with Crippen molar-refractivity contribution < 1.29 is 27.5 Å². The number of nitrogens with one attached hydrogen (secondary N) is 4. The predicted octanol–water partition coefficient (Wildman–Crippen LogP) is -0.104. The minimum absolute atomic E-state index is 0.0156. The highest BCUT2D eigenvalue weighted by Gasteiger charge is 2.28. The standard InChI is InChI=1S/C25H34N6O6S/c1-3-38(35,36)31-21(14-16-6-10-19(37-2)11-7-16)25(34)30-20(12-13-22(26)32)24(33)29-15-17-4-8-18(9-5-17)23(27)28/h4-11,20-21,31H,3,12-15H2,1-2H3,(H2,26,32)(H3,27,28)(H,29,33)(H,30,34)/t20-,21+/m0/s1. The van der Waals surface area contributed by atoms with Crippen LogP contribution >= 0.6 is 0 Å². The number of nitrogens with two attached hydrogens (primary N) is 2. The lowest BCUT2D eigenvalue weighted by Crippen LogP contribution is -2.54. The van der Waals surface area contributed by atoms with Crippen LogP contribution in [0.15, 0.2) is 48.5 Å². The molecule has 2 rings (SSSR count). The van der Waals surface area contributed by atoms with Gasteiger partial charge >= 0.3 is 0 Å². The summed E-state index contributed by atoms with van der Waals surface area (Å²) in [5.74, 6) is -1.68. The van der Waals surface area contributed by atoms with Crippen LogP contribution < -0.4 is 31.6 Å². The number of nitrogen functional groups attached to an aromatic ring is 1. The summed E-state index contributed by atoms with van der Waals surface area (Å²) >= 11 is 0. The third-order valence-corrected chi connectivity index (χ3v) is 7.07. The highest BCUT2D eigenvalue weighted by atomic mass is 32.2. The number of carbonyl (C=O) groups is 3. The summed E-state index contributed by atoms with van der Waals surface area (Å²) in [5.41, 5.74) is 12.6. The van der Waals surface area contributed by atoms with Crippen molar-refractivity contribution in [1.82, 2.24) is 15.4 Å². The second kappa shape index (κ2) is 14.1. The van der Waals surface area contributed by atoms with Crippen LogP contribution in [-0.2, 0) is 37.4 Å². The van der Waals surface area contributed by atoms with Gasteiger partial charge in [-0.2, -0.15) is 0 Å². The Morgan fingerprint density at radius 3 is 2.08 bits per heavy atom. The Hall–Kier alpha value is -3.97. The molecular formula is C25H34N6O6S. The first-order valence-corrected chi connectivity index (χ1v) is 13.5. The van der Waals surface area contributed by atoms with Gasteiger partial charge < -0.3 is 26.8 Å². The van der Waals surface area contributed by atoms with Crippen LogP contribution in [-0.4, -0.2) is 56.9 Å². The Morgan fingerprint density at radius 2 is 1.55 bits per heavy atom. The molecule has 12 nitrogen and oxygen atoms in total. The van der Waals surface area contributed by atoms with Crippen LogP contribution in [0.1, 0.15) is 36.5 Å². The lowest BCUT2D eigenvalue weighted by atomic mass is 10.0. The predicted molar refractivity (Wildman–Crippen MR) is 143 cm³/mol. The van der Waals surface area contributed by atoms with Crippen LogP contribution in [0.3, 0.4) is 0 Å². The molecule has 206 valence electrons. The Balaban J connectivity index is 2.18. The summed E-state index contributed by atoms with van der Waals surface area (Å²) < 4.78 is 32.1. The molecule has 0 saturated heterocycles. The molecule has 0 aliphatic carbocycles. The molecule has 8 N–H and O–H groups in total. The number of carbonyl (C=O) groups excluding carboxylic acids is 3. The highest BCUT2D eigenvalue weighted by molar-refractivity contribution is 7.89. The Labute approximate surface area is 222 Å². The summed E-state index contributed by atoms with van der Waals surface area (Å²) in [5, 5.41) is 12.7. The number of ether oxygens (including phenoxy) is 1. The van der Waals surface area contributed by atoms with Crippen LogP contribution in [0.4, 0.5) is 0 Å². The van der Waals surface area contributed by atoms with E-state index in [1.807, 2.05) is 0 Å². The van der Waals surface area contributed by atoms with Gasteiger partial charge in [-0.05, 0) is 43.0 Å². The maximum atomic E-state index is 13.2. The molecule has 0 spiro atoms. The molecule has 3 amide bonds. The molecular weight excluding hydrogens is 512 g/mol. The molecule has 0 radical (unpaired) electrons. The first-order valence-electron chi connectivity index (χ1n) is 11.9. The zero-order valence-corrected chi connectivity index (χ0v) is 22.1. The maximum Gasteiger partial charge on any atom is 0.242 e. The second-order valence-corrected chi connectivity index (χ2v) is 10.6.